The Kier molecular flexibility index (Phi) is 3.83. The summed E-state index contributed by atoms with van der Waals surface area (Å²) in [6, 6.07) is 5.26. The minimum atomic E-state index is -1.93. The molecule has 78 valence electrons. The molecule has 0 amide bonds. The Morgan fingerprint density at radius 2 is 1.57 bits per heavy atom. The van der Waals surface area contributed by atoms with Gasteiger partial charge in [-0.3, -0.25) is 0 Å². The molecule has 0 saturated heterocycles. The quantitative estimate of drug-likeness (QED) is 0.651. The van der Waals surface area contributed by atoms with Gasteiger partial charge in [0, 0.05) is 0 Å². The van der Waals surface area contributed by atoms with E-state index in [1.165, 1.54) is 18.2 Å². The first-order chi connectivity index (χ1) is 6.25. The number of alkyl halides is 5. The second kappa shape index (κ2) is 4.23. The summed E-state index contributed by atoms with van der Waals surface area (Å²) >= 11 is 28.3. The van der Waals surface area contributed by atoms with Gasteiger partial charge in [0.1, 0.15) is 5.82 Å². The number of hydrogen-bond acceptors (Lipinski definition) is 0. The second-order valence-corrected chi connectivity index (χ2v) is 6.19. The first kappa shape index (κ1) is 12.7. The molecule has 0 saturated carbocycles. The van der Waals surface area contributed by atoms with Gasteiger partial charge in [-0.1, -0.05) is 70.1 Å². The lowest BCUT2D eigenvalue weighted by molar-refractivity contribution is 0.623. The fraction of sp³-hybridized carbons (Fsp3) is 0.250. The molecule has 0 N–H and O–H groups in total. The molecule has 1 aromatic carbocycles. The molecule has 14 heavy (non-hydrogen) atoms. The third-order valence-electron chi connectivity index (χ3n) is 1.54. The Morgan fingerprint density at radius 3 is 2.00 bits per heavy atom. The highest BCUT2D eigenvalue weighted by Crippen LogP contribution is 2.52. The van der Waals surface area contributed by atoms with Crippen molar-refractivity contribution in [2.24, 2.45) is 0 Å². The molecule has 0 spiro atoms. The first-order valence-electron chi connectivity index (χ1n) is 3.46. The van der Waals surface area contributed by atoms with Crippen LogP contribution in [0.1, 0.15) is 5.56 Å². The average molecular weight is 296 g/mol. The van der Waals surface area contributed by atoms with Crippen molar-refractivity contribution in [2.75, 3.05) is 0 Å². The van der Waals surface area contributed by atoms with E-state index in [9.17, 15) is 4.39 Å². The largest absolute Gasteiger partial charge is 0.227 e. The van der Waals surface area contributed by atoms with E-state index in [-0.39, 0.29) is 5.56 Å². The molecule has 0 bridgehead atoms. The van der Waals surface area contributed by atoms with E-state index in [4.69, 9.17) is 58.0 Å². The molecular weight excluding hydrogens is 292 g/mol. The van der Waals surface area contributed by atoms with Gasteiger partial charge in [0.05, 0.1) is 0 Å². The molecule has 0 radical (unpaired) electrons. The van der Waals surface area contributed by atoms with Gasteiger partial charge in [-0.2, -0.15) is 0 Å². The molecular formula is C8H4Cl5F. The van der Waals surface area contributed by atoms with E-state index in [1.54, 1.807) is 0 Å². The van der Waals surface area contributed by atoms with E-state index in [2.05, 4.69) is 0 Å². The topological polar surface area (TPSA) is 0 Å². The molecule has 0 atom stereocenters. The first-order valence-corrected chi connectivity index (χ1v) is 5.35. The van der Waals surface area contributed by atoms with Crippen molar-refractivity contribution in [1.29, 1.82) is 0 Å². The molecule has 0 unspecified atom stereocenters. The summed E-state index contributed by atoms with van der Waals surface area (Å²) in [6.07, 6.45) is 0. The van der Waals surface area contributed by atoms with Gasteiger partial charge in [0.15, 0.2) is 4.33 Å². The van der Waals surface area contributed by atoms with Crippen molar-refractivity contribution >= 4 is 58.0 Å². The van der Waals surface area contributed by atoms with Gasteiger partial charge < -0.3 is 0 Å². The number of halogens is 6. The Morgan fingerprint density at radius 1 is 1.00 bits per heavy atom. The van der Waals surface area contributed by atoms with Crippen LogP contribution in [0, 0.1) is 5.82 Å². The zero-order valence-corrected chi connectivity index (χ0v) is 10.4. The van der Waals surface area contributed by atoms with Gasteiger partial charge in [-0.05, 0) is 17.7 Å². The molecule has 6 heteroatoms. The van der Waals surface area contributed by atoms with E-state index in [1.807, 2.05) is 0 Å². The maximum atomic E-state index is 12.8. The summed E-state index contributed by atoms with van der Waals surface area (Å²) in [5.74, 6) is -0.498. The fourth-order valence-electron chi connectivity index (χ4n) is 0.847. The third kappa shape index (κ3) is 2.59. The van der Waals surface area contributed by atoms with Gasteiger partial charge in [-0.25, -0.2) is 4.39 Å². The second-order valence-electron chi connectivity index (χ2n) is 2.58. The van der Waals surface area contributed by atoms with Gasteiger partial charge in [0.2, 0.25) is 3.79 Å². The lowest BCUT2D eigenvalue weighted by Crippen LogP contribution is -2.28. The van der Waals surface area contributed by atoms with E-state index in [0.29, 0.717) is 0 Å². The normalized spacial score (nSPS) is 13.0. The predicted molar refractivity (Wildman–Crippen MR) is 60.1 cm³/mol. The van der Waals surface area contributed by atoms with Gasteiger partial charge >= 0.3 is 0 Å². The molecule has 0 aliphatic rings. The van der Waals surface area contributed by atoms with Crippen LogP contribution in [0.5, 0.6) is 0 Å². The van der Waals surface area contributed by atoms with Crippen LogP contribution >= 0.6 is 58.0 Å². The van der Waals surface area contributed by atoms with Crippen LogP contribution < -0.4 is 0 Å². The number of hydrogen-bond donors (Lipinski definition) is 0. The SMILES string of the molecule is Fc1cccc(C(Cl)(Cl)C(Cl)(Cl)Cl)c1. The Hall–Kier alpha value is 0.600. The number of benzene rings is 1. The standard InChI is InChI=1S/C8H4Cl5F/c9-7(10,8(11,12)13)5-2-1-3-6(14)4-5/h1-4H. The maximum Gasteiger partial charge on any atom is 0.227 e. The highest BCUT2D eigenvalue weighted by atomic mass is 35.6. The van der Waals surface area contributed by atoms with Crippen LogP contribution in [0.25, 0.3) is 0 Å². The molecule has 1 rings (SSSR count). The zero-order valence-electron chi connectivity index (χ0n) is 6.58. The van der Waals surface area contributed by atoms with E-state index in [0.717, 1.165) is 6.07 Å². The summed E-state index contributed by atoms with van der Waals surface area (Å²) < 4.78 is 9.13. The molecule has 0 aromatic heterocycles. The van der Waals surface area contributed by atoms with Crippen molar-refractivity contribution < 1.29 is 4.39 Å². The summed E-state index contributed by atoms with van der Waals surface area (Å²) in [7, 11) is 0. The molecule has 0 fully saturated rings. The van der Waals surface area contributed by atoms with Crippen LogP contribution in [-0.4, -0.2) is 3.79 Å². The maximum absolute atomic E-state index is 12.8. The predicted octanol–water partition coefficient (Wildman–Crippen LogP) is 4.83. The van der Waals surface area contributed by atoms with Crippen molar-refractivity contribution in [3.05, 3.63) is 35.6 Å². The van der Waals surface area contributed by atoms with Crippen molar-refractivity contribution in [1.82, 2.24) is 0 Å². The van der Waals surface area contributed by atoms with Crippen LogP contribution in [0.4, 0.5) is 4.39 Å². The Labute approximate surface area is 106 Å². The lowest BCUT2D eigenvalue weighted by atomic mass is 10.1. The highest BCUT2D eigenvalue weighted by Gasteiger charge is 2.47. The smallest absolute Gasteiger partial charge is 0.207 e. The summed E-state index contributed by atoms with van der Waals surface area (Å²) in [6.45, 7) is 0. The fourth-order valence-corrected chi connectivity index (χ4v) is 1.41. The molecule has 0 nitrogen and oxygen atoms in total. The Bertz CT molecular complexity index is 331. The van der Waals surface area contributed by atoms with Crippen LogP contribution in [-0.2, 0) is 4.33 Å². The van der Waals surface area contributed by atoms with Crippen LogP contribution in [0.2, 0.25) is 0 Å². The van der Waals surface area contributed by atoms with Crippen molar-refractivity contribution in [3.8, 4) is 0 Å². The minimum Gasteiger partial charge on any atom is -0.207 e. The van der Waals surface area contributed by atoms with E-state index >= 15 is 0 Å². The van der Waals surface area contributed by atoms with Crippen molar-refractivity contribution in [2.45, 2.75) is 8.13 Å². The highest BCUT2D eigenvalue weighted by molar-refractivity contribution is 6.75. The summed E-state index contributed by atoms with van der Waals surface area (Å²) in [4.78, 5) is 0. The summed E-state index contributed by atoms with van der Waals surface area (Å²) in [5.41, 5.74) is 0.195. The number of rotatable bonds is 1. The monoisotopic (exact) mass is 294 g/mol. The lowest BCUT2D eigenvalue weighted by Gasteiger charge is -2.27. The molecule has 1 aromatic rings. The third-order valence-corrected chi connectivity index (χ3v) is 3.98. The van der Waals surface area contributed by atoms with E-state index < -0.39 is 13.9 Å². The minimum absolute atomic E-state index is 0.195. The van der Waals surface area contributed by atoms with Gasteiger partial charge in [-0.15, -0.1) is 0 Å². The van der Waals surface area contributed by atoms with Gasteiger partial charge in [0.25, 0.3) is 0 Å². The zero-order chi connectivity index (χ0) is 11.0. The van der Waals surface area contributed by atoms with Crippen LogP contribution in [0.15, 0.2) is 24.3 Å². The molecule has 0 heterocycles. The average Bonchev–Trinajstić information content (AvgIpc) is 2.02. The Balaban J connectivity index is 3.16. The summed E-state index contributed by atoms with van der Waals surface area (Å²) in [5, 5.41) is 0. The van der Waals surface area contributed by atoms with Crippen molar-refractivity contribution in [3.63, 3.8) is 0 Å². The molecule has 0 aliphatic carbocycles. The molecule has 0 aliphatic heterocycles. The van der Waals surface area contributed by atoms with Crippen LogP contribution in [0.3, 0.4) is 0 Å².